The molecule has 0 heterocycles. The molecule has 9 heteroatoms. The van der Waals surface area contributed by atoms with E-state index in [1.165, 1.54) is 24.3 Å². The fourth-order valence-corrected chi connectivity index (χ4v) is 4.96. The maximum absolute atomic E-state index is 13.4. The zero-order chi connectivity index (χ0) is 23.1. The Hall–Kier alpha value is -2.68. The summed E-state index contributed by atoms with van der Waals surface area (Å²) >= 11 is 7.47. The van der Waals surface area contributed by atoms with Gasteiger partial charge in [0, 0.05) is 15.6 Å². The second kappa shape index (κ2) is 10.8. The van der Waals surface area contributed by atoms with E-state index in [1.54, 1.807) is 42.1 Å². The van der Waals surface area contributed by atoms with Gasteiger partial charge >= 0.3 is 0 Å². The van der Waals surface area contributed by atoms with Crippen LogP contribution in [0.4, 0.5) is 11.4 Å². The predicted molar refractivity (Wildman–Crippen MR) is 130 cm³/mol. The average Bonchev–Trinajstić information content (AvgIpc) is 2.79. The normalized spacial score (nSPS) is 11.1. The minimum absolute atomic E-state index is 0.0352. The number of anilines is 2. The SMILES string of the molecule is CCOc1ccc(N(CC(=O)Nc2cccc(SC)c2)S(=O)(=O)c2ccc(Cl)cc2)cc1. The smallest absolute Gasteiger partial charge is 0.264 e. The van der Waals surface area contributed by atoms with Gasteiger partial charge in [0.25, 0.3) is 10.0 Å². The number of carbonyl (C=O) groups excluding carboxylic acids is 1. The molecule has 0 aliphatic heterocycles. The van der Waals surface area contributed by atoms with Crippen molar-refractivity contribution in [1.29, 1.82) is 0 Å². The standard InChI is InChI=1S/C23H23ClN2O4S2/c1-3-30-20-11-9-19(10-12-20)26(32(28,29)22-13-7-17(24)8-14-22)16-23(27)25-18-5-4-6-21(15-18)31-2/h4-15H,3,16H2,1-2H3,(H,25,27). The molecule has 0 aromatic heterocycles. The molecule has 1 N–H and O–H groups in total. The van der Waals surface area contributed by atoms with Crippen LogP contribution >= 0.6 is 23.4 Å². The van der Waals surface area contributed by atoms with Gasteiger partial charge in [-0.3, -0.25) is 9.10 Å². The van der Waals surface area contributed by atoms with E-state index in [2.05, 4.69) is 5.32 Å². The first-order valence-electron chi connectivity index (χ1n) is 9.78. The number of ether oxygens (including phenoxy) is 1. The van der Waals surface area contributed by atoms with Crippen LogP contribution in [0.2, 0.25) is 5.02 Å². The van der Waals surface area contributed by atoms with Gasteiger partial charge in [-0.2, -0.15) is 0 Å². The van der Waals surface area contributed by atoms with Crippen molar-refractivity contribution >= 4 is 50.7 Å². The summed E-state index contributed by atoms with van der Waals surface area (Å²) in [5.41, 5.74) is 0.939. The molecule has 0 unspecified atom stereocenters. The summed E-state index contributed by atoms with van der Waals surface area (Å²) in [6, 6.07) is 19.7. The van der Waals surface area contributed by atoms with Gasteiger partial charge in [-0.15, -0.1) is 11.8 Å². The van der Waals surface area contributed by atoms with Gasteiger partial charge in [-0.1, -0.05) is 17.7 Å². The Kier molecular flexibility index (Phi) is 8.06. The van der Waals surface area contributed by atoms with Crippen molar-refractivity contribution in [2.45, 2.75) is 16.7 Å². The zero-order valence-electron chi connectivity index (χ0n) is 17.6. The summed E-state index contributed by atoms with van der Waals surface area (Å²) in [7, 11) is -4.03. The second-order valence-corrected chi connectivity index (χ2v) is 9.85. The molecule has 0 aliphatic rings. The molecule has 0 aliphatic carbocycles. The van der Waals surface area contributed by atoms with Gasteiger partial charge in [0.1, 0.15) is 12.3 Å². The van der Waals surface area contributed by atoms with E-state index in [4.69, 9.17) is 16.3 Å². The number of rotatable bonds is 9. The van der Waals surface area contributed by atoms with Crippen LogP contribution in [0.1, 0.15) is 6.92 Å². The molecule has 6 nitrogen and oxygen atoms in total. The Morgan fingerprint density at radius 3 is 2.38 bits per heavy atom. The van der Waals surface area contributed by atoms with E-state index >= 15 is 0 Å². The van der Waals surface area contributed by atoms with Gasteiger partial charge in [-0.05, 0) is 79.9 Å². The fraction of sp³-hybridized carbons (Fsp3) is 0.174. The number of halogens is 1. The highest BCUT2D eigenvalue weighted by atomic mass is 35.5. The number of carbonyl (C=O) groups is 1. The lowest BCUT2D eigenvalue weighted by Crippen LogP contribution is -2.38. The first kappa shape index (κ1) is 24.0. The lowest BCUT2D eigenvalue weighted by atomic mass is 10.3. The first-order valence-corrected chi connectivity index (χ1v) is 12.8. The summed E-state index contributed by atoms with van der Waals surface area (Å²) in [4.78, 5) is 13.8. The molecular weight excluding hydrogens is 468 g/mol. The van der Waals surface area contributed by atoms with Gasteiger partial charge in [-0.25, -0.2) is 8.42 Å². The van der Waals surface area contributed by atoms with Crippen molar-refractivity contribution in [2.75, 3.05) is 29.0 Å². The second-order valence-electron chi connectivity index (χ2n) is 6.67. The number of hydrogen-bond acceptors (Lipinski definition) is 5. The molecule has 3 aromatic rings. The molecule has 0 atom stereocenters. The molecule has 0 bridgehead atoms. The molecule has 0 saturated heterocycles. The van der Waals surface area contributed by atoms with Crippen molar-refractivity contribution in [3.63, 3.8) is 0 Å². The molecule has 0 spiro atoms. The third kappa shape index (κ3) is 5.97. The van der Waals surface area contributed by atoms with Gasteiger partial charge in [0.15, 0.2) is 0 Å². The number of hydrogen-bond donors (Lipinski definition) is 1. The number of nitrogens with zero attached hydrogens (tertiary/aromatic N) is 1. The minimum atomic E-state index is -4.03. The Morgan fingerprint density at radius 2 is 1.75 bits per heavy atom. The van der Waals surface area contributed by atoms with E-state index in [1.807, 2.05) is 31.4 Å². The van der Waals surface area contributed by atoms with E-state index in [-0.39, 0.29) is 4.90 Å². The van der Waals surface area contributed by atoms with Crippen LogP contribution < -0.4 is 14.4 Å². The van der Waals surface area contributed by atoms with Crippen LogP contribution in [-0.2, 0) is 14.8 Å². The lowest BCUT2D eigenvalue weighted by molar-refractivity contribution is -0.114. The van der Waals surface area contributed by atoms with Crippen LogP contribution in [0.25, 0.3) is 0 Å². The largest absolute Gasteiger partial charge is 0.494 e. The van der Waals surface area contributed by atoms with Crippen molar-refractivity contribution in [1.82, 2.24) is 0 Å². The van der Waals surface area contributed by atoms with Crippen LogP contribution in [0, 0.1) is 0 Å². The molecule has 0 fully saturated rings. The predicted octanol–water partition coefficient (Wildman–Crippen LogP) is 5.29. The van der Waals surface area contributed by atoms with Crippen molar-refractivity contribution in [3.05, 3.63) is 77.8 Å². The number of nitrogens with one attached hydrogen (secondary N) is 1. The topological polar surface area (TPSA) is 75.7 Å². The van der Waals surface area contributed by atoms with Gasteiger partial charge < -0.3 is 10.1 Å². The number of thioether (sulfide) groups is 1. The van der Waals surface area contributed by atoms with Crippen LogP contribution in [0.5, 0.6) is 5.75 Å². The molecule has 3 aromatic carbocycles. The van der Waals surface area contributed by atoms with Gasteiger partial charge in [0.05, 0.1) is 17.2 Å². The van der Waals surface area contributed by atoms with E-state index in [0.29, 0.717) is 28.8 Å². The maximum Gasteiger partial charge on any atom is 0.264 e. The van der Waals surface area contributed by atoms with Crippen LogP contribution in [-0.4, -0.2) is 33.7 Å². The average molecular weight is 491 g/mol. The van der Waals surface area contributed by atoms with Gasteiger partial charge in [0.2, 0.25) is 5.91 Å². The van der Waals surface area contributed by atoms with Crippen molar-refractivity contribution in [2.24, 2.45) is 0 Å². The molecule has 32 heavy (non-hydrogen) atoms. The molecule has 168 valence electrons. The Labute approximate surface area is 197 Å². The number of benzene rings is 3. The quantitative estimate of drug-likeness (QED) is 0.412. The highest BCUT2D eigenvalue weighted by Gasteiger charge is 2.27. The molecule has 3 rings (SSSR count). The van der Waals surface area contributed by atoms with Crippen LogP contribution in [0.3, 0.4) is 0 Å². The lowest BCUT2D eigenvalue weighted by Gasteiger charge is -2.24. The van der Waals surface area contributed by atoms with E-state index < -0.39 is 22.5 Å². The molecule has 1 amide bonds. The third-order valence-electron chi connectivity index (χ3n) is 4.48. The monoisotopic (exact) mass is 490 g/mol. The zero-order valence-corrected chi connectivity index (χ0v) is 20.0. The summed E-state index contributed by atoms with van der Waals surface area (Å²) in [5.74, 6) is 0.146. The number of amides is 1. The molecule has 0 radical (unpaired) electrons. The Bertz CT molecular complexity index is 1170. The van der Waals surface area contributed by atoms with Crippen molar-refractivity contribution < 1.29 is 17.9 Å². The highest BCUT2D eigenvalue weighted by molar-refractivity contribution is 7.98. The number of sulfonamides is 1. The summed E-state index contributed by atoms with van der Waals surface area (Å²) in [5, 5.41) is 3.20. The summed E-state index contributed by atoms with van der Waals surface area (Å²) in [6.07, 6.45) is 1.94. The molecular formula is C23H23ClN2O4S2. The summed E-state index contributed by atoms with van der Waals surface area (Å²) < 4.78 is 33.3. The molecule has 0 saturated carbocycles. The van der Waals surface area contributed by atoms with Crippen molar-refractivity contribution in [3.8, 4) is 5.75 Å². The summed E-state index contributed by atoms with van der Waals surface area (Å²) in [6.45, 7) is 1.95. The highest BCUT2D eigenvalue weighted by Crippen LogP contribution is 2.27. The van der Waals surface area contributed by atoms with E-state index in [0.717, 1.165) is 9.20 Å². The maximum atomic E-state index is 13.4. The first-order chi connectivity index (χ1) is 15.3. The Balaban J connectivity index is 1.92. The Morgan fingerprint density at radius 1 is 1.06 bits per heavy atom. The van der Waals surface area contributed by atoms with E-state index in [9.17, 15) is 13.2 Å². The van der Waals surface area contributed by atoms with Crippen LogP contribution in [0.15, 0.2) is 82.6 Å². The fourth-order valence-electron chi connectivity index (χ4n) is 2.96. The minimum Gasteiger partial charge on any atom is -0.494 e. The third-order valence-corrected chi connectivity index (χ3v) is 7.24.